The third kappa shape index (κ3) is 18.1. The fourth-order valence-corrected chi connectivity index (χ4v) is 16.4. The van der Waals surface area contributed by atoms with Crippen LogP contribution in [0.4, 0.5) is 0 Å². The fourth-order valence-electron chi connectivity index (χ4n) is 6.37. The molecule has 1 aliphatic heterocycles. The molecule has 338 valence electrons. The summed E-state index contributed by atoms with van der Waals surface area (Å²) in [7, 11) is -7.09. The Labute approximate surface area is 363 Å². The van der Waals surface area contributed by atoms with E-state index in [1.807, 2.05) is 68.5 Å². The van der Waals surface area contributed by atoms with Crippen LogP contribution < -0.4 is 0 Å². The number of nitrogens with zero attached hydrogens (tertiary/aromatic N) is 1. The van der Waals surface area contributed by atoms with Gasteiger partial charge in [0.25, 0.3) is 15.0 Å². The van der Waals surface area contributed by atoms with E-state index < -0.39 is 83.0 Å². The highest BCUT2D eigenvalue weighted by Gasteiger charge is 2.56. The molecular formula is C40H69BNO14PSi3. The van der Waals surface area contributed by atoms with Crippen LogP contribution in [0.1, 0.15) is 58.8 Å². The minimum atomic E-state index is -4.06. The molecule has 1 aliphatic rings. The Bertz CT molecular complexity index is 1470. The molecule has 2 aromatic carbocycles. The van der Waals surface area contributed by atoms with Gasteiger partial charge in [0.1, 0.15) is 45.5 Å². The predicted molar refractivity (Wildman–Crippen MR) is 238 cm³/mol. The van der Waals surface area contributed by atoms with Crippen molar-refractivity contribution in [3.8, 4) is 0 Å². The molecule has 15 nitrogen and oxygen atoms in total. The summed E-state index contributed by atoms with van der Waals surface area (Å²) in [6.45, 7) is 22.0. The zero-order valence-electron chi connectivity index (χ0n) is 38.0. The third-order valence-electron chi connectivity index (χ3n) is 8.46. The average molecular weight is 914 g/mol. The maximum absolute atomic E-state index is 11.5. The van der Waals surface area contributed by atoms with Crippen molar-refractivity contribution in [2.75, 3.05) is 40.1 Å². The Morgan fingerprint density at radius 3 is 1.62 bits per heavy atom. The molecule has 5 atom stereocenters. The molecule has 0 bridgehead atoms. The van der Waals surface area contributed by atoms with Gasteiger partial charge in [-0.25, -0.2) is 4.67 Å². The number of carbonyl (C=O) groups is 2. The number of benzene rings is 2. The molecule has 0 aliphatic carbocycles. The smallest absolute Gasteiger partial charge is 0.463 e. The third-order valence-corrected chi connectivity index (χ3v) is 18.4. The number of carbonyl (C=O) groups excluding carboxylic acids is 2. The van der Waals surface area contributed by atoms with E-state index >= 15 is 0 Å². The molecule has 1 fully saturated rings. The lowest BCUT2D eigenvalue weighted by molar-refractivity contribution is -0.314. The van der Waals surface area contributed by atoms with Crippen molar-refractivity contribution in [3.63, 3.8) is 0 Å². The molecule has 2 unspecified atom stereocenters. The number of esters is 2. The second-order valence-corrected chi connectivity index (χ2v) is 29.9. The van der Waals surface area contributed by atoms with Gasteiger partial charge in [-0.05, 0) is 78.1 Å². The Morgan fingerprint density at radius 1 is 0.750 bits per heavy atom. The van der Waals surface area contributed by atoms with Crippen LogP contribution in [0.15, 0.2) is 60.7 Å². The molecule has 0 saturated carbocycles. The van der Waals surface area contributed by atoms with Gasteiger partial charge in [0, 0.05) is 33.0 Å². The number of hydrogen-bond donors (Lipinski definition) is 0. The zero-order valence-corrected chi connectivity index (χ0v) is 41.9. The zero-order chi connectivity index (χ0) is 44.7. The topological polar surface area (TPSA) is 148 Å². The van der Waals surface area contributed by atoms with Gasteiger partial charge in [-0.15, -0.1) is 0 Å². The van der Waals surface area contributed by atoms with Gasteiger partial charge in [-0.3, -0.25) is 9.59 Å². The van der Waals surface area contributed by atoms with Crippen molar-refractivity contribution < 1.29 is 64.1 Å². The Balaban J connectivity index is 2.09. The second-order valence-electron chi connectivity index (χ2n) is 16.8. The SMILES string of the molecule is B[C@@H]1O[C@H](CO[Si](OC(c2ccccc2)c2ccccc2)(O[Si](C)(C)C)O[Si](C)(C)C)C(OP(OC)N(C(C)C)C(C)C)[C@@H]1OC(OCCOC(C)=O)OCCOC(C)=O. The summed E-state index contributed by atoms with van der Waals surface area (Å²) in [6, 6.07) is 19.5. The van der Waals surface area contributed by atoms with Crippen molar-refractivity contribution in [3.05, 3.63) is 71.8 Å². The molecule has 60 heavy (non-hydrogen) atoms. The highest BCUT2D eigenvalue weighted by molar-refractivity contribution is 7.44. The summed E-state index contributed by atoms with van der Waals surface area (Å²) in [4.78, 5) is 22.9. The van der Waals surface area contributed by atoms with Crippen molar-refractivity contribution in [2.24, 2.45) is 0 Å². The van der Waals surface area contributed by atoms with E-state index in [0.717, 1.165) is 11.1 Å². The van der Waals surface area contributed by atoms with Crippen molar-refractivity contribution >= 4 is 54.0 Å². The molecule has 1 heterocycles. The van der Waals surface area contributed by atoms with Gasteiger partial charge in [0.2, 0.25) is 0 Å². The maximum atomic E-state index is 11.5. The lowest BCUT2D eigenvalue weighted by atomic mass is 9.93. The summed E-state index contributed by atoms with van der Waals surface area (Å²) < 4.78 is 78.6. The van der Waals surface area contributed by atoms with Gasteiger partial charge < -0.3 is 54.6 Å². The minimum Gasteiger partial charge on any atom is -0.463 e. The van der Waals surface area contributed by atoms with E-state index in [-0.39, 0.29) is 45.1 Å². The normalized spacial score (nSPS) is 19.5. The molecular weight excluding hydrogens is 844 g/mol. The van der Waals surface area contributed by atoms with Crippen LogP contribution in [0.3, 0.4) is 0 Å². The molecule has 2 aromatic rings. The van der Waals surface area contributed by atoms with Crippen LogP contribution in [0, 0.1) is 0 Å². The van der Waals surface area contributed by atoms with E-state index in [2.05, 4.69) is 71.6 Å². The van der Waals surface area contributed by atoms with Gasteiger partial charge in [0.15, 0.2) is 16.6 Å². The summed E-state index contributed by atoms with van der Waals surface area (Å²) in [6.07, 6.45) is -2.90. The Kier molecular flexibility index (Phi) is 21.7. The summed E-state index contributed by atoms with van der Waals surface area (Å²) in [5.41, 5.74) is 1.84. The quantitative estimate of drug-likeness (QED) is 0.0315. The van der Waals surface area contributed by atoms with Gasteiger partial charge >= 0.3 is 21.0 Å². The summed E-state index contributed by atoms with van der Waals surface area (Å²) in [5, 5.41) is 0. The highest BCUT2D eigenvalue weighted by Crippen LogP contribution is 2.49. The van der Waals surface area contributed by atoms with Gasteiger partial charge in [-0.2, -0.15) is 0 Å². The van der Waals surface area contributed by atoms with E-state index in [0.29, 0.717) is 0 Å². The van der Waals surface area contributed by atoms with Crippen LogP contribution in [0.5, 0.6) is 0 Å². The van der Waals surface area contributed by atoms with Crippen LogP contribution in [0.2, 0.25) is 39.3 Å². The Hall–Kier alpha value is -1.91. The Morgan fingerprint density at radius 2 is 1.22 bits per heavy atom. The first-order chi connectivity index (χ1) is 28.1. The lowest BCUT2D eigenvalue weighted by Gasteiger charge is -2.41. The average Bonchev–Trinajstić information content (AvgIpc) is 3.44. The molecule has 0 spiro atoms. The predicted octanol–water partition coefficient (Wildman–Crippen LogP) is 6.51. The number of ether oxygens (including phenoxy) is 6. The summed E-state index contributed by atoms with van der Waals surface area (Å²) in [5.74, 6) is -0.903. The van der Waals surface area contributed by atoms with E-state index in [9.17, 15) is 9.59 Å². The standard InChI is InChI=1S/C40H69BNO14PSi3/c1-29(2)42(30(3)4)57(45-7)53-37-35(51-39(41)38(37)52-40(48-26-24-46-31(5)43)49-27-25-47-32(6)44)28-50-60(55-58(8,9)10,56-59(11,12)13)54-36(33-20-16-14-17-21-33)34-22-18-15-19-23-34/h14-23,29-30,35-40H,24-28,41H2,1-13H3/t35-,37?,38+,39-,57?/m1/s1. The number of rotatable bonds is 27. The second kappa shape index (κ2) is 24.8. The summed E-state index contributed by atoms with van der Waals surface area (Å²) >= 11 is 0. The molecule has 0 aromatic heterocycles. The molecule has 20 heteroatoms. The molecule has 0 N–H and O–H groups in total. The molecule has 1 saturated heterocycles. The van der Waals surface area contributed by atoms with E-state index in [1.165, 1.54) is 13.8 Å². The first-order valence-electron chi connectivity index (χ1n) is 20.6. The fraction of sp³-hybridized carbons (Fsp3) is 0.650. The van der Waals surface area contributed by atoms with Gasteiger partial charge in [0.05, 0.1) is 25.8 Å². The van der Waals surface area contributed by atoms with E-state index in [4.69, 9.17) is 54.6 Å². The highest BCUT2D eigenvalue weighted by atomic mass is 31.2. The number of hydrogen-bond acceptors (Lipinski definition) is 15. The van der Waals surface area contributed by atoms with Crippen LogP contribution in [0.25, 0.3) is 0 Å². The maximum Gasteiger partial charge on any atom is 0.659 e. The monoisotopic (exact) mass is 913 g/mol. The molecule has 0 amide bonds. The van der Waals surface area contributed by atoms with Gasteiger partial charge in [-0.1, -0.05) is 60.7 Å². The first-order valence-corrected chi connectivity index (χ1v) is 30.1. The van der Waals surface area contributed by atoms with Crippen LogP contribution in [-0.4, -0.2) is 133 Å². The van der Waals surface area contributed by atoms with Crippen LogP contribution >= 0.6 is 8.53 Å². The van der Waals surface area contributed by atoms with E-state index in [1.54, 1.807) is 7.11 Å². The molecule has 3 rings (SSSR count). The lowest BCUT2D eigenvalue weighted by Crippen LogP contribution is -2.60. The minimum absolute atomic E-state index is 0.0316. The van der Waals surface area contributed by atoms with Crippen LogP contribution in [-0.2, 0) is 64.1 Å². The molecule has 0 radical (unpaired) electrons. The largest absolute Gasteiger partial charge is 0.659 e. The van der Waals surface area contributed by atoms with Crippen molar-refractivity contribution in [1.29, 1.82) is 0 Å². The van der Waals surface area contributed by atoms with Crippen molar-refractivity contribution in [1.82, 2.24) is 4.67 Å². The van der Waals surface area contributed by atoms with Crippen molar-refractivity contribution in [2.45, 2.75) is 130 Å². The first kappa shape index (κ1) is 52.4.